The summed E-state index contributed by atoms with van der Waals surface area (Å²) in [7, 11) is 0. The fourth-order valence-corrected chi connectivity index (χ4v) is 1.91. The second-order valence-corrected chi connectivity index (χ2v) is 4.83. The Hall–Kier alpha value is -1.62. The van der Waals surface area contributed by atoms with E-state index in [1.165, 1.54) is 6.07 Å². The Bertz CT molecular complexity index is 419. The van der Waals surface area contributed by atoms with E-state index >= 15 is 0 Å². The van der Waals surface area contributed by atoms with Crippen LogP contribution in [0.1, 0.15) is 25.8 Å². The van der Waals surface area contributed by atoms with Crippen LogP contribution in [0.4, 0.5) is 11.4 Å². The number of aliphatic hydroxyl groups excluding tert-OH is 1. The van der Waals surface area contributed by atoms with Crippen LogP contribution in [0.15, 0.2) is 18.2 Å². The van der Waals surface area contributed by atoms with Crippen molar-refractivity contribution in [2.75, 3.05) is 11.9 Å². The van der Waals surface area contributed by atoms with E-state index in [0.29, 0.717) is 5.92 Å². The smallest absolute Gasteiger partial charge is 0.269 e. The maximum Gasteiger partial charge on any atom is 0.269 e. The molecule has 5 heteroatoms. The van der Waals surface area contributed by atoms with E-state index in [2.05, 4.69) is 12.2 Å². The zero-order valence-corrected chi connectivity index (χ0v) is 11.0. The molecule has 0 aliphatic heterocycles. The average molecular weight is 252 g/mol. The summed E-state index contributed by atoms with van der Waals surface area (Å²) < 4.78 is 0. The average Bonchev–Trinajstić information content (AvgIpc) is 2.26. The minimum Gasteiger partial charge on any atom is -0.393 e. The molecular formula is C13H20N2O3. The van der Waals surface area contributed by atoms with Crippen molar-refractivity contribution in [3.8, 4) is 0 Å². The fraction of sp³-hybridized carbons (Fsp3) is 0.538. The molecule has 1 aromatic carbocycles. The highest BCUT2D eigenvalue weighted by Crippen LogP contribution is 2.21. The summed E-state index contributed by atoms with van der Waals surface area (Å²) in [6, 6.07) is 4.78. The first-order valence-corrected chi connectivity index (χ1v) is 6.07. The van der Waals surface area contributed by atoms with E-state index in [0.717, 1.165) is 24.2 Å². The first-order chi connectivity index (χ1) is 8.40. The van der Waals surface area contributed by atoms with Crippen LogP contribution in [-0.2, 0) is 0 Å². The minimum absolute atomic E-state index is 0.107. The van der Waals surface area contributed by atoms with Crippen molar-refractivity contribution in [3.63, 3.8) is 0 Å². The molecule has 0 bridgehead atoms. The molecule has 0 saturated carbocycles. The highest BCUT2D eigenvalue weighted by molar-refractivity contribution is 5.55. The minimum atomic E-state index is -0.396. The number of nitrogens with zero attached hydrogens (tertiary/aromatic N) is 1. The lowest BCUT2D eigenvalue weighted by Gasteiger charge is -2.16. The van der Waals surface area contributed by atoms with E-state index in [1.807, 2.05) is 6.92 Å². The fourth-order valence-electron chi connectivity index (χ4n) is 1.91. The standard InChI is InChI=1S/C13H20N2O3/c1-9(6-11(3)16)8-14-13-5-4-12(15(17)18)7-10(13)2/h4-5,7,9,11,14,16H,6,8H2,1-3H3. The molecule has 100 valence electrons. The maximum absolute atomic E-state index is 10.6. The Morgan fingerprint density at radius 1 is 1.44 bits per heavy atom. The highest BCUT2D eigenvalue weighted by atomic mass is 16.6. The number of anilines is 1. The first-order valence-electron chi connectivity index (χ1n) is 6.07. The molecule has 0 aliphatic rings. The summed E-state index contributed by atoms with van der Waals surface area (Å²) in [5.74, 6) is 0.347. The Morgan fingerprint density at radius 2 is 2.11 bits per heavy atom. The quantitative estimate of drug-likeness (QED) is 0.603. The zero-order chi connectivity index (χ0) is 13.7. The molecular weight excluding hydrogens is 232 g/mol. The van der Waals surface area contributed by atoms with Crippen LogP contribution < -0.4 is 5.32 Å². The normalized spacial score (nSPS) is 14.0. The molecule has 5 nitrogen and oxygen atoms in total. The predicted molar refractivity (Wildman–Crippen MR) is 71.8 cm³/mol. The molecule has 2 unspecified atom stereocenters. The van der Waals surface area contributed by atoms with Crippen molar-refractivity contribution in [2.45, 2.75) is 33.3 Å². The molecule has 18 heavy (non-hydrogen) atoms. The second-order valence-electron chi connectivity index (χ2n) is 4.83. The Balaban J connectivity index is 2.60. The van der Waals surface area contributed by atoms with Crippen LogP contribution >= 0.6 is 0 Å². The predicted octanol–water partition coefficient (Wildman–Crippen LogP) is 2.72. The van der Waals surface area contributed by atoms with Gasteiger partial charge in [-0.2, -0.15) is 0 Å². The van der Waals surface area contributed by atoms with Gasteiger partial charge in [0.1, 0.15) is 0 Å². The van der Waals surface area contributed by atoms with Gasteiger partial charge in [0.2, 0.25) is 0 Å². The van der Waals surface area contributed by atoms with Gasteiger partial charge in [0.15, 0.2) is 0 Å². The molecule has 2 N–H and O–H groups in total. The number of non-ortho nitro benzene ring substituents is 1. The van der Waals surface area contributed by atoms with Crippen LogP contribution in [0.25, 0.3) is 0 Å². The van der Waals surface area contributed by atoms with Crippen LogP contribution in [0.2, 0.25) is 0 Å². The number of hydrogen-bond donors (Lipinski definition) is 2. The topological polar surface area (TPSA) is 75.4 Å². The van der Waals surface area contributed by atoms with Gasteiger partial charge in [0.25, 0.3) is 5.69 Å². The van der Waals surface area contributed by atoms with E-state index in [4.69, 9.17) is 0 Å². The maximum atomic E-state index is 10.6. The number of nitrogens with one attached hydrogen (secondary N) is 1. The van der Waals surface area contributed by atoms with Gasteiger partial charge in [-0.1, -0.05) is 6.92 Å². The molecule has 0 radical (unpaired) electrons. The van der Waals surface area contributed by atoms with Crippen molar-refractivity contribution in [3.05, 3.63) is 33.9 Å². The Labute approximate surface area is 107 Å². The van der Waals surface area contributed by atoms with Crippen LogP contribution in [0.5, 0.6) is 0 Å². The number of hydrogen-bond acceptors (Lipinski definition) is 4. The van der Waals surface area contributed by atoms with E-state index in [9.17, 15) is 15.2 Å². The van der Waals surface area contributed by atoms with E-state index in [1.54, 1.807) is 19.1 Å². The number of benzene rings is 1. The summed E-state index contributed by atoms with van der Waals surface area (Å²) in [5.41, 5.74) is 1.86. The molecule has 0 fully saturated rings. The Kier molecular flexibility index (Phi) is 5.09. The van der Waals surface area contributed by atoms with Crippen molar-refractivity contribution in [1.29, 1.82) is 0 Å². The summed E-state index contributed by atoms with van der Waals surface area (Å²) in [5, 5.41) is 23.1. The van der Waals surface area contributed by atoms with Crippen LogP contribution in [0, 0.1) is 23.0 Å². The van der Waals surface area contributed by atoms with Gasteiger partial charge in [0, 0.05) is 24.4 Å². The van der Waals surface area contributed by atoms with E-state index < -0.39 is 4.92 Å². The van der Waals surface area contributed by atoms with Gasteiger partial charge in [-0.05, 0) is 37.8 Å². The monoisotopic (exact) mass is 252 g/mol. The zero-order valence-electron chi connectivity index (χ0n) is 11.0. The lowest BCUT2D eigenvalue weighted by molar-refractivity contribution is -0.384. The molecule has 1 rings (SSSR count). The number of nitro benzene ring substituents is 1. The van der Waals surface area contributed by atoms with Crippen molar-refractivity contribution in [1.82, 2.24) is 0 Å². The highest BCUT2D eigenvalue weighted by Gasteiger charge is 2.09. The van der Waals surface area contributed by atoms with Gasteiger partial charge >= 0.3 is 0 Å². The molecule has 0 aliphatic carbocycles. The number of nitro groups is 1. The summed E-state index contributed by atoms with van der Waals surface area (Å²) >= 11 is 0. The Morgan fingerprint density at radius 3 is 2.61 bits per heavy atom. The first kappa shape index (κ1) is 14.4. The van der Waals surface area contributed by atoms with Gasteiger partial charge in [0.05, 0.1) is 11.0 Å². The third-order valence-electron chi connectivity index (χ3n) is 2.81. The summed E-state index contributed by atoms with van der Waals surface area (Å²) in [6.45, 7) is 6.41. The van der Waals surface area contributed by atoms with Crippen molar-refractivity contribution < 1.29 is 10.0 Å². The number of aryl methyl sites for hydroxylation is 1. The van der Waals surface area contributed by atoms with Gasteiger partial charge < -0.3 is 10.4 Å². The molecule has 0 aromatic heterocycles. The van der Waals surface area contributed by atoms with Crippen molar-refractivity contribution >= 4 is 11.4 Å². The van der Waals surface area contributed by atoms with E-state index in [-0.39, 0.29) is 11.8 Å². The number of rotatable bonds is 6. The van der Waals surface area contributed by atoms with Crippen LogP contribution in [0.3, 0.4) is 0 Å². The molecule has 0 spiro atoms. The molecule has 0 heterocycles. The lowest BCUT2D eigenvalue weighted by atomic mass is 10.0. The van der Waals surface area contributed by atoms with Gasteiger partial charge in [-0.15, -0.1) is 0 Å². The summed E-state index contributed by atoms with van der Waals surface area (Å²) in [6.07, 6.45) is 0.429. The van der Waals surface area contributed by atoms with Crippen LogP contribution in [-0.4, -0.2) is 22.7 Å². The SMILES string of the molecule is Cc1cc([N+](=O)[O-])ccc1NCC(C)CC(C)O. The molecule has 1 aromatic rings. The summed E-state index contributed by atoms with van der Waals surface area (Å²) in [4.78, 5) is 10.2. The number of aliphatic hydroxyl groups is 1. The van der Waals surface area contributed by atoms with Crippen molar-refractivity contribution in [2.24, 2.45) is 5.92 Å². The molecule has 0 amide bonds. The largest absolute Gasteiger partial charge is 0.393 e. The third kappa shape index (κ3) is 4.33. The second kappa shape index (κ2) is 6.35. The lowest BCUT2D eigenvalue weighted by Crippen LogP contribution is -2.16. The van der Waals surface area contributed by atoms with Gasteiger partial charge in [-0.3, -0.25) is 10.1 Å². The third-order valence-corrected chi connectivity index (χ3v) is 2.81. The van der Waals surface area contributed by atoms with Gasteiger partial charge in [-0.25, -0.2) is 0 Å². The molecule has 2 atom stereocenters. The molecule has 0 saturated heterocycles.